The van der Waals surface area contributed by atoms with Crippen molar-refractivity contribution < 1.29 is 18.0 Å². The summed E-state index contributed by atoms with van der Waals surface area (Å²) in [6.07, 6.45) is -2.45. The van der Waals surface area contributed by atoms with Crippen LogP contribution in [0.5, 0.6) is 0 Å². The van der Waals surface area contributed by atoms with Gasteiger partial charge < -0.3 is 9.80 Å². The first-order chi connectivity index (χ1) is 15.4. The third-order valence-electron chi connectivity index (χ3n) is 5.88. The average Bonchev–Trinajstić information content (AvgIpc) is 3.12. The molecule has 2 aromatic heterocycles. The van der Waals surface area contributed by atoms with Gasteiger partial charge in [0.15, 0.2) is 5.65 Å². The molecule has 1 aromatic carbocycles. The van der Waals surface area contributed by atoms with E-state index in [1.165, 1.54) is 6.07 Å². The van der Waals surface area contributed by atoms with Gasteiger partial charge in [0.1, 0.15) is 5.82 Å². The molecule has 1 saturated heterocycles. The zero-order chi connectivity index (χ0) is 22.3. The summed E-state index contributed by atoms with van der Waals surface area (Å²) < 4.78 is 40.2. The van der Waals surface area contributed by atoms with Gasteiger partial charge >= 0.3 is 6.18 Å². The van der Waals surface area contributed by atoms with Crippen LogP contribution >= 0.6 is 11.8 Å². The molecule has 0 atom stereocenters. The summed E-state index contributed by atoms with van der Waals surface area (Å²) in [4.78, 5) is 18.3. The number of rotatable bonds is 2. The zero-order valence-corrected chi connectivity index (χ0v) is 17.9. The largest absolute Gasteiger partial charge is 0.453 e. The molecular weight excluding hydrogens is 441 g/mol. The summed E-state index contributed by atoms with van der Waals surface area (Å²) in [6, 6.07) is 11.1. The van der Waals surface area contributed by atoms with Crippen LogP contribution in [0.1, 0.15) is 25.1 Å². The number of carbonyl (C=O) groups is 1. The quantitative estimate of drug-likeness (QED) is 0.576. The number of nitrogens with zero attached hydrogens (tertiary/aromatic N) is 6. The molecule has 7 nitrogen and oxygen atoms in total. The summed E-state index contributed by atoms with van der Waals surface area (Å²) in [5, 5.41) is 10.9. The second-order valence-corrected chi connectivity index (χ2v) is 9.04. The Kier molecular flexibility index (Phi) is 5.44. The minimum atomic E-state index is -4.63. The highest BCUT2D eigenvalue weighted by molar-refractivity contribution is 7.99. The Morgan fingerprint density at radius 1 is 1.03 bits per heavy atom. The van der Waals surface area contributed by atoms with Crippen LogP contribution in [0.2, 0.25) is 0 Å². The normalized spacial score (nSPS) is 18.0. The number of piperidine rings is 1. The molecule has 32 heavy (non-hydrogen) atoms. The minimum Gasteiger partial charge on any atom is -0.355 e. The zero-order valence-electron chi connectivity index (χ0n) is 17.1. The van der Waals surface area contributed by atoms with Crippen LogP contribution in [0.3, 0.4) is 0 Å². The Hall–Kier alpha value is -2.82. The number of thioether (sulfide) groups is 1. The van der Waals surface area contributed by atoms with Gasteiger partial charge in [-0.25, -0.2) is 0 Å². The number of carbonyl (C=O) groups excluding carboxylic acids is 1. The van der Waals surface area contributed by atoms with Gasteiger partial charge in [-0.15, -0.1) is 27.1 Å². The van der Waals surface area contributed by atoms with Gasteiger partial charge in [0.05, 0.1) is 5.69 Å². The fourth-order valence-electron chi connectivity index (χ4n) is 4.26. The van der Waals surface area contributed by atoms with Crippen molar-refractivity contribution >= 4 is 34.8 Å². The van der Waals surface area contributed by atoms with Crippen LogP contribution < -0.4 is 9.80 Å². The highest BCUT2D eigenvalue weighted by atomic mass is 32.2. The van der Waals surface area contributed by atoms with Crippen molar-refractivity contribution in [1.82, 2.24) is 19.8 Å². The molecule has 2 aliphatic heterocycles. The second-order valence-electron chi connectivity index (χ2n) is 7.90. The van der Waals surface area contributed by atoms with E-state index in [4.69, 9.17) is 0 Å². The molecule has 5 rings (SSSR count). The molecule has 0 bridgehead atoms. The van der Waals surface area contributed by atoms with E-state index in [-0.39, 0.29) is 17.5 Å². The molecule has 0 N–H and O–H groups in total. The van der Waals surface area contributed by atoms with Crippen LogP contribution in [0, 0.1) is 5.92 Å². The highest BCUT2D eigenvalue weighted by Gasteiger charge is 2.38. The number of fused-ring (bicyclic) bond motifs is 2. The molecule has 0 radical (unpaired) electrons. The smallest absolute Gasteiger partial charge is 0.355 e. The van der Waals surface area contributed by atoms with E-state index >= 15 is 0 Å². The molecule has 0 spiro atoms. The number of alkyl halides is 3. The molecule has 0 aliphatic carbocycles. The number of amides is 1. The van der Waals surface area contributed by atoms with Gasteiger partial charge in [-0.1, -0.05) is 12.1 Å². The number of aromatic nitrogens is 4. The summed E-state index contributed by atoms with van der Waals surface area (Å²) in [7, 11) is 0. The average molecular weight is 463 g/mol. The maximum atomic E-state index is 13.3. The summed E-state index contributed by atoms with van der Waals surface area (Å²) in [5.41, 5.74) is 1.02. The molecule has 1 fully saturated rings. The number of halogens is 3. The van der Waals surface area contributed by atoms with Crippen molar-refractivity contribution in [2.24, 2.45) is 5.92 Å². The van der Waals surface area contributed by atoms with E-state index in [1.807, 2.05) is 28.0 Å². The number of hydrogen-bond acceptors (Lipinski definition) is 6. The fourth-order valence-corrected chi connectivity index (χ4v) is 5.25. The first-order valence-corrected chi connectivity index (χ1v) is 11.5. The number of para-hydroxylation sites is 1. The Labute approximate surface area is 186 Å². The van der Waals surface area contributed by atoms with E-state index < -0.39 is 12.0 Å². The van der Waals surface area contributed by atoms with E-state index in [9.17, 15) is 18.0 Å². The molecule has 168 valence electrons. The monoisotopic (exact) mass is 462 g/mol. The van der Waals surface area contributed by atoms with E-state index in [0.29, 0.717) is 38.3 Å². The topological polar surface area (TPSA) is 66.6 Å². The van der Waals surface area contributed by atoms with Crippen LogP contribution in [-0.2, 0) is 11.0 Å². The third-order valence-corrected chi connectivity index (χ3v) is 7.03. The molecule has 0 unspecified atom stereocenters. The fraction of sp³-hybridized carbons (Fsp3) is 0.429. The summed E-state index contributed by atoms with van der Waals surface area (Å²) >= 11 is 1.78. The van der Waals surface area contributed by atoms with Crippen LogP contribution in [-0.4, -0.2) is 51.1 Å². The lowest BCUT2D eigenvalue weighted by molar-refractivity contribution is -0.146. The third kappa shape index (κ3) is 3.89. The first kappa shape index (κ1) is 21.0. The molecule has 0 saturated carbocycles. The SMILES string of the molecule is O=C(C1CCN(c2ccc3nnc(C(F)(F)F)n3n2)CC1)N1CCCSc2ccccc21. The molecule has 3 aromatic rings. The van der Waals surface area contributed by atoms with Crippen LogP contribution in [0.4, 0.5) is 24.7 Å². The van der Waals surface area contributed by atoms with E-state index in [0.717, 1.165) is 27.3 Å². The van der Waals surface area contributed by atoms with E-state index in [1.54, 1.807) is 17.8 Å². The first-order valence-electron chi connectivity index (χ1n) is 10.5. The summed E-state index contributed by atoms with van der Waals surface area (Å²) in [6.45, 7) is 1.79. The Balaban J connectivity index is 1.31. The van der Waals surface area contributed by atoms with Gasteiger partial charge in [-0.05, 0) is 49.3 Å². The van der Waals surface area contributed by atoms with Crippen molar-refractivity contribution in [2.75, 3.05) is 35.2 Å². The standard InChI is InChI=1S/C21H21F3N6OS/c22-21(23,24)20-26-25-17-6-7-18(27-30(17)20)28-11-8-14(9-12-28)19(31)29-10-3-13-32-16-5-2-1-4-15(16)29/h1-2,4-7,14H,3,8-13H2. The second kappa shape index (κ2) is 8.27. The highest BCUT2D eigenvalue weighted by Crippen LogP contribution is 2.35. The van der Waals surface area contributed by atoms with Gasteiger partial charge in [-0.3, -0.25) is 4.79 Å². The van der Waals surface area contributed by atoms with E-state index in [2.05, 4.69) is 21.4 Å². The molecule has 4 heterocycles. The number of anilines is 2. The van der Waals surface area contributed by atoms with Crippen molar-refractivity contribution in [3.63, 3.8) is 0 Å². The van der Waals surface area contributed by atoms with Crippen molar-refractivity contribution in [3.05, 3.63) is 42.2 Å². The molecule has 11 heteroatoms. The predicted molar refractivity (Wildman–Crippen MR) is 115 cm³/mol. The van der Waals surface area contributed by atoms with Crippen molar-refractivity contribution in [3.8, 4) is 0 Å². The predicted octanol–water partition coefficient (Wildman–Crippen LogP) is 3.89. The Morgan fingerprint density at radius 3 is 2.59 bits per heavy atom. The molecule has 1 amide bonds. The van der Waals surface area contributed by atoms with Crippen LogP contribution in [0.15, 0.2) is 41.3 Å². The number of hydrogen-bond donors (Lipinski definition) is 0. The van der Waals surface area contributed by atoms with Crippen molar-refractivity contribution in [2.45, 2.75) is 30.3 Å². The van der Waals surface area contributed by atoms with Crippen molar-refractivity contribution in [1.29, 1.82) is 0 Å². The number of benzene rings is 1. The molecule has 2 aliphatic rings. The van der Waals surface area contributed by atoms with Gasteiger partial charge in [0.25, 0.3) is 5.82 Å². The van der Waals surface area contributed by atoms with Crippen LogP contribution in [0.25, 0.3) is 5.65 Å². The Morgan fingerprint density at radius 2 is 1.81 bits per heavy atom. The van der Waals surface area contributed by atoms with Gasteiger partial charge in [0, 0.05) is 30.4 Å². The molecular formula is C21H21F3N6OS. The maximum absolute atomic E-state index is 13.3. The maximum Gasteiger partial charge on any atom is 0.453 e. The van der Waals surface area contributed by atoms with Gasteiger partial charge in [-0.2, -0.15) is 17.7 Å². The summed E-state index contributed by atoms with van der Waals surface area (Å²) in [5.74, 6) is 0.270. The lowest BCUT2D eigenvalue weighted by Gasteiger charge is -2.34. The lowest BCUT2D eigenvalue weighted by Crippen LogP contribution is -2.43. The lowest BCUT2D eigenvalue weighted by atomic mass is 9.95. The Bertz CT molecular complexity index is 1140. The minimum absolute atomic E-state index is 0.0452. The van der Waals surface area contributed by atoms with Gasteiger partial charge in [0.2, 0.25) is 5.91 Å².